The Labute approximate surface area is 135 Å². The number of pyridine rings is 1. The van der Waals surface area contributed by atoms with Crippen molar-refractivity contribution in [1.82, 2.24) is 4.98 Å². The standard InChI is InChI=1S/C16H14F3N3O2/c17-16(18,19)14-8-22(7-11(9-23)24-14)13-4-3-10(6-20)15-12(13)2-1-5-21-15/h1-5,11,14,23H,7-9H2/t11-,14+/m0/s1. The second-order valence-corrected chi connectivity index (χ2v) is 5.52. The van der Waals surface area contributed by atoms with E-state index < -0.39 is 25.0 Å². The molecule has 0 radical (unpaired) electrons. The quantitative estimate of drug-likeness (QED) is 0.910. The lowest BCUT2D eigenvalue weighted by atomic mass is 10.1. The summed E-state index contributed by atoms with van der Waals surface area (Å²) >= 11 is 0. The van der Waals surface area contributed by atoms with Gasteiger partial charge in [-0.1, -0.05) is 0 Å². The van der Waals surface area contributed by atoms with Crippen LogP contribution in [0.15, 0.2) is 30.5 Å². The van der Waals surface area contributed by atoms with Crippen LogP contribution in [0.4, 0.5) is 18.9 Å². The summed E-state index contributed by atoms with van der Waals surface area (Å²) in [6, 6.07) is 8.55. The van der Waals surface area contributed by atoms with Gasteiger partial charge in [-0.25, -0.2) is 0 Å². The molecule has 0 saturated carbocycles. The van der Waals surface area contributed by atoms with Gasteiger partial charge >= 0.3 is 6.18 Å². The minimum atomic E-state index is -4.52. The number of ether oxygens (including phenoxy) is 1. The first kappa shape index (κ1) is 16.5. The SMILES string of the molecule is N#Cc1ccc(N2C[C@@H](CO)O[C@@H](C(F)(F)F)C2)c2cccnc12. The third-order valence-corrected chi connectivity index (χ3v) is 3.94. The number of morpholine rings is 1. The smallest absolute Gasteiger partial charge is 0.394 e. The number of aliphatic hydroxyl groups is 1. The van der Waals surface area contributed by atoms with E-state index in [0.29, 0.717) is 22.2 Å². The topological polar surface area (TPSA) is 69.4 Å². The molecule has 5 nitrogen and oxygen atoms in total. The van der Waals surface area contributed by atoms with E-state index in [9.17, 15) is 18.3 Å². The lowest BCUT2D eigenvalue weighted by Crippen LogP contribution is -2.54. The van der Waals surface area contributed by atoms with E-state index in [1.807, 2.05) is 6.07 Å². The highest BCUT2D eigenvalue weighted by Crippen LogP contribution is 2.33. The predicted molar refractivity (Wildman–Crippen MR) is 80.5 cm³/mol. The Kier molecular flexibility index (Phi) is 4.30. The number of benzene rings is 1. The Bertz CT molecular complexity index is 788. The van der Waals surface area contributed by atoms with E-state index in [1.54, 1.807) is 18.2 Å². The number of hydrogen-bond donors (Lipinski definition) is 1. The Balaban J connectivity index is 2.05. The number of rotatable bonds is 2. The summed E-state index contributed by atoms with van der Waals surface area (Å²) in [6.45, 7) is -0.760. The number of halogens is 3. The Morgan fingerprint density at radius 1 is 1.33 bits per heavy atom. The molecule has 2 heterocycles. The second kappa shape index (κ2) is 6.26. The van der Waals surface area contributed by atoms with Gasteiger partial charge in [0, 0.05) is 23.8 Å². The summed E-state index contributed by atoms with van der Waals surface area (Å²) in [6.07, 6.45) is -5.91. The molecule has 0 unspecified atom stereocenters. The van der Waals surface area contributed by atoms with E-state index in [4.69, 9.17) is 10.00 Å². The maximum Gasteiger partial charge on any atom is 0.416 e. The number of anilines is 1. The predicted octanol–water partition coefficient (Wildman–Crippen LogP) is 2.23. The van der Waals surface area contributed by atoms with Gasteiger partial charge in [0.25, 0.3) is 0 Å². The number of aliphatic hydroxyl groups excluding tert-OH is 1. The molecule has 1 aliphatic rings. The average Bonchev–Trinajstić information content (AvgIpc) is 2.59. The van der Waals surface area contributed by atoms with Gasteiger partial charge in [0.15, 0.2) is 6.10 Å². The van der Waals surface area contributed by atoms with Gasteiger partial charge in [-0.2, -0.15) is 18.4 Å². The number of fused-ring (bicyclic) bond motifs is 1. The largest absolute Gasteiger partial charge is 0.416 e. The van der Waals surface area contributed by atoms with Crippen LogP contribution in [-0.4, -0.2) is 48.2 Å². The van der Waals surface area contributed by atoms with Crippen LogP contribution in [0.5, 0.6) is 0 Å². The Morgan fingerprint density at radius 2 is 2.12 bits per heavy atom. The normalized spacial score (nSPS) is 21.7. The van der Waals surface area contributed by atoms with Gasteiger partial charge < -0.3 is 14.7 Å². The van der Waals surface area contributed by atoms with Crippen LogP contribution in [0.3, 0.4) is 0 Å². The van der Waals surface area contributed by atoms with Crippen molar-refractivity contribution in [2.45, 2.75) is 18.4 Å². The molecule has 24 heavy (non-hydrogen) atoms. The van der Waals surface area contributed by atoms with Gasteiger partial charge in [0.05, 0.1) is 30.3 Å². The van der Waals surface area contributed by atoms with Crippen molar-refractivity contribution in [2.24, 2.45) is 0 Å². The molecule has 0 spiro atoms. The lowest BCUT2D eigenvalue weighted by Gasteiger charge is -2.39. The summed E-state index contributed by atoms with van der Waals surface area (Å²) in [7, 11) is 0. The van der Waals surface area contributed by atoms with Crippen molar-refractivity contribution >= 4 is 16.6 Å². The van der Waals surface area contributed by atoms with Crippen molar-refractivity contribution in [3.8, 4) is 6.07 Å². The zero-order chi connectivity index (χ0) is 17.3. The van der Waals surface area contributed by atoms with E-state index in [-0.39, 0.29) is 13.1 Å². The molecule has 2 atom stereocenters. The zero-order valence-electron chi connectivity index (χ0n) is 12.5. The van der Waals surface area contributed by atoms with E-state index in [2.05, 4.69) is 4.98 Å². The van der Waals surface area contributed by atoms with Crippen LogP contribution in [-0.2, 0) is 4.74 Å². The number of nitrogens with zero attached hydrogens (tertiary/aromatic N) is 3. The molecular formula is C16H14F3N3O2. The molecular weight excluding hydrogens is 323 g/mol. The third-order valence-electron chi connectivity index (χ3n) is 3.94. The average molecular weight is 337 g/mol. The van der Waals surface area contributed by atoms with Gasteiger partial charge in [0.2, 0.25) is 0 Å². The summed E-state index contributed by atoms with van der Waals surface area (Å²) in [5, 5.41) is 19.0. The van der Waals surface area contributed by atoms with Crippen LogP contribution in [0.2, 0.25) is 0 Å². The highest BCUT2D eigenvalue weighted by atomic mass is 19.4. The van der Waals surface area contributed by atoms with E-state index in [1.165, 1.54) is 17.2 Å². The Morgan fingerprint density at radius 3 is 2.79 bits per heavy atom. The number of aromatic nitrogens is 1. The lowest BCUT2D eigenvalue weighted by molar-refractivity contribution is -0.238. The van der Waals surface area contributed by atoms with Crippen molar-refractivity contribution in [1.29, 1.82) is 5.26 Å². The van der Waals surface area contributed by atoms with E-state index >= 15 is 0 Å². The molecule has 1 aromatic carbocycles. The molecule has 3 rings (SSSR count). The summed E-state index contributed by atoms with van der Waals surface area (Å²) in [5.74, 6) is 0. The number of alkyl halides is 3. The van der Waals surface area contributed by atoms with Crippen LogP contribution >= 0.6 is 0 Å². The molecule has 1 N–H and O–H groups in total. The molecule has 0 aliphatic carbocycles. The summed E-state index contributed by atoms with van der Waals surface area (Å²) in [5.41, 5.74) is 1.33. The molecule has 8 heteroatoms. The van der Waals surface area contributed by atoms with Gasteiger partial charge in [-0.15, -0.1) is 0 Å². The Hall–Kier alpha value is -2.37. The summed E-state index contributed by atoms with van der Waals surface area (Å²) < 4.78 is 44.2. The molecule has 1 fully saturated rings. The minimum absolute atomic E-state index is 0.124. The monoisotopic (exact) mass is 337 g/mol. The van der Waals surface area contributed by atoms with Crippen molar-refractivity contribution in [3.63, 3.8) is 0 Å². The maximum absolute atomic E-state index is 13.1. The molecule has 1 saturated heterocycles. The molecule has 126 valence electrons. The first-order valence-corrected chi connectivity index (χ1v) is 7.30. The van der Waals surface area contributed by atoms with Crippen LogP contribution in [0.1, 0.15) is 5.56 Å². The highest BCUT2D eigenvalue weighted by molar-refractivity contribution is 5.95. The van der Waals surface area contributed by atoms with Gasteiger partial charge in [-0.05, 0) is 24.3 Å². The first-order chi connectivity index (χ1) is 11.4. The van der Waals surface area contributed by atoms with Crippen molar-refractivity contribution in [3.05, 3.63) is 36.0 Å². The molecule has 1 aliphatic heterocycles. The number of nitriles is 1. The van der Waals surface area contributed by atoms with E-state index in [0.717, 1.165) is 0 Å². The highest BCUT2D eigenvalue weighted by Gasteiger charge is 2.46. The van der Waals surface area contributed by atoms with Crippen LogP contribution < -0.4 is 4.90 Å². The molecule has 0 amide bonds. The molecule has 1 aromatic heterocycles. The summed E-state index contributed by atoms with van der Waals surface area (Å²) in [4.78, 5) is 5.68. The van der Waals surface area contributed by atoms with Crippen molar-refractivity contribution < 1.29 is 23.0 Å². The zero-order valence-corrected chi connectivity index (χ0v) is 12.5. The number of hydrogen-bond acceptors (Lipinski definition) is 5. The molecule has 0 bridgehead atoms. The van der Waals surface area contributed by atoms with Crippen LogP contribution in [0, 0.1) is 11.3 Å². The molecule has 2 aromatic rings. The van der Waals surface area contributed by atoms with Gasteiger partial charge in [0.1, 0.15) is 6.07 Å². The second-order valence-electron chi connectivity index (χ2n) is 5.52. The third kappa shape index (κ3) is 3.00. The fourth-order valence-electron chi connectivity index (χ4n) is 2.84. The minimum Gasteiger partial charge on any atom is -0.394 e. The fraction of sp³-hybridized carbons (Fsp3) is 0.375. The van der Waals surface area contributed by atoms with Crippen LogP contribution in [0.25, 0.3) is 10.9 Å². The fourth-order valence-corrected chi connectivity index (χ4v) is 2.84. The van der Waals surface area contributed by atoms with Crippen molar-refractivity contribution in [2.75, 3.05) is 24.6 Å². The van der Waals surface area contributed by atoms with Gasteiger partial charge in [-0.3, -0.25) is 4.98 Å². The first-order valence-electron chi connectivity index (χ1n) is 7.30. The maximum atomic E-state index is 13.1.